The van der Waals surface area contributed by atoms with Crippen molar-refractivity contribution < 1.29 is 22.7 Å². The Morgan fingerprint density at radius 2 is 1.96 bits per heavy atom. The van der Waals surface area contributed by atoms with E-state index in [-0.39, 0.29) is 16.7 Å². The van der Waals surface area contributed by atoms with Gasteiger partial charge in [0.1, 0.15) is 12.4 Å². The van der Waals surface area contributed by atoms with E-state index in [0.717, 1.165) is 12.5 Å². The molecule has 0 saturated carbocycles. The first kappa shape index (κ1) is 18.2. The number of aryl methyl sites for hydroxylation is 1. The minimum absolute atomic E-state index is 0.127. The van der Waals surface area contributed by atoms with Crippen LogP contribution in [0.4, 0.5) is 13.2 Å². The highest BCUT2D eigenvalue weighted by Crippen LogP contribution is 2.32. The van der Waals surface area contributed by atoms with Crippen molar-refractivity contribution in [3.05, 3.63) is 75.3 Å². The maximum atomic E-state index is 13.0. The third-order valence-electron chi connectivity index (χ3n) is 4.73. The Kier molecular flexibility index (Phi) is 4.41. The lowest BCUT2D eigenvalue weighted by atomic mass is 10.1. The van der Waals surface area contributed by atoms with Gasteiger partial charge in [0, 0.05) is 18.5 Å². The standard InChI is InChI=1S/C20H15F3N2O3/c21-20(22,23)15-5-2-1-4-13(15)11-28-19(27)12-7-8-14-16(10-12)24-17-6-3-9-25(17)18(14)26/h1-2,4-5,7-8,10H,3,6,9,11H2. The van der Waals surface area contributed by atoms with E-state index in [9.17, 15) is 22.8 Å². The third-order valence-corrected chi connectivity index (χ3v) is 4.73. The molecule has 0 N–H and O–H groups in total. The molecule has 3 aromatic rings. The largest absolute Gasteiger partial charge is 0.457 e. The second-order valence-electron chi connectivity index (χ2n) is 6.55. The highest BCUT2D eigenvalue weighted by molar-refractivity contribution is 5.94. The Labute approximate surface area is 157 Å². The van der Waals surface area contributed by atoms with E-state index in [1.807, 2.05) is 0 Å². The Bertz CT molecular complexity index is 1140. The lowest BCUT2D eigenvalue weighted by Crippen LogP contribution is -2.21. The molecule has 0 aliphatic carbocycles. The number of alkyl halides is 3. The number of fused-ring (bicyclic) bond motifs is 2. The van der Waals surface area contributed by atoms with Crippen LogP contribution in [-0.4, -0.2) is 15.5 Å². The molecule has 0 unspecified atom stereocenters. The normalized spacial score (nSPS) is 13.5. The Morgan fingerprint density at radius 1 is 1.18 bits per heavy atom. The summed E-state index contributed by atoms with van der Waals surface area (Å²) in [4.78, 5) is 29.2. The van der Waals surface area contributed by atoms with E-state index >= 15 is 0 Å². The maximum Gasteiger partial charge on any atom is 0.416 e. The van der Waals surface area contributed by atoms with Crippen LogP contribution in [0.2, 0.25) is 0 Å². The van der Waals surface area contributed by atoms with E-state index in [2.05, 4.69) is 4.98 Å². The fourth-order valence-electron chi connectivity index (χ4n) is 3.36. The molecule has 0 atom stereocenters. The summed E-state index contributed by atoms with van der Waals surface area (Å²) in [6, 6.07) is 9.29. The number of hydrogen-bond donors (Lipinski definition) is 0. The van der Waals surface area contributed by atoms with Crippen LogP contribution in [0.3, 0.4) is 0 Å². The van der Waals surface area contributed by atoms with Gasteiger partial charge in [-0.1, -0.05) is 18.2 Å². The van der Waals surface area contributed by atoms with E-state index in [4.69, 9.17) is 4.74 Å². The molecule has 0 fully saturated rings. The topological polar surface area (TPSA) is 61.2 Å². The number of rotatable bonds is 3. The van der Waals surface area contributed by atoms with Gasteiger partial charge in [0.25, 0.3) is 5.56 Å². The van der Waals surface area contributed by atoms with Gasteiger partial charge in [0.2, 0.25) is 0 Å². The third kappa shape index (κ3) is 3.26. The van der Waals surface area contributed by atoms with Crippen molar-refractivity contribution in [2.45, 2.75) is 32.2 Å². The molecule has 144 valence electrons. The first-order valence-corrected chi connectivity index (χ1v) is 8.70. The van der Waals surface area contributed by atoms with Gasteiger partial charge in [0.05, 0.1) is 22.0 Å². The zero-order valence-corrected chi connectivity index (χ0v) is 14.6. The summed E-state index contributed by atoms with van der Waals surface area (Å²) in [5.41, 5.74) is -0.614. The van der Waals surface area contributed by atoms with Crippen LogP contribution < -0.4 is 5.56 Å². The molecule has 2 heterocycles. The van der Waals surface area contributed by atoms with Crippen molar-refractivity contribution in [1.29, 1.82) is 0 Å². The second kappa shape index (κ2) is 6.78. The molecule has 2 aromatic carbocycles. The number of ether oxygens (including phenoxy) is 1. The molecule has 1 aliphatic rings. The number of esters is 1. The van der Waals surface area contributed by atoms with Gasteiger partial charge >= 0.3 is 12.1 Å². The van der Waals surface area contributed by atoms with Gasteiger partial charge in [0.15, 0.2) is 0 Å². The van der Waals surface area contributed by atoms with Gasteiger partial charge in [-0.25, -0.2) is 9.78 Å². The zero-order valence-electron chi connectivity index (χ0n) is 14.6. The van der Waals surface area contributed by atoms with Gasteiger partial charge in [-0.2, -0.15) is 13.2 Å². The minimum Gasteiger partial charge on any atom is -0.457 e. The number of aromatic nitrogens is 2. The maximum absolute atomic E-state index is 13.0. The summed E-state index contributed by atoms with van der Waals surface area (Å²) in [6.07, 6.45) is -3.00. The number of nitrogens with zero attached hydrogens (tertiary/aromatic N) is 2. The first-order chi connectivity index (χ1) is 13.3. The van der Waals surface area contributed by atoms with Crippen molar-refractivity contribution in [2.75, 3.05) is 0 Å². The summed E-state index contributed by atoms with van der Waals surface area (Å²) in [5.74, 6) is -0.108. The molecular weight excluding hydrogens is 373 g/mol. The molecular formula is C20H15F3N2O3. The number of benzene rings is 2. The molecule has 1 aliphatic heterocycles. The molecule has 28 heavy (non-hydrogen) atoms. The molecule has 0 saturated heterocycles. The van der Waals surface area contributed by atoms with Gasteiger partial charge < -0.3 is 4.74 Å². The Morgan fingerprint density at radius 3 is 2.75 bits per heavy atom. The van der Waals surface area contributed by atoms with E-state index < -0.39 is 24.3 Å². The number of hydrogen-bond acceptors (Lipinski definition) is 4. The predicted octanol–water partition coefficient (Wildman–Crippen LogP) is 3.72. The molecule has 8 heteroatoms. The number of halogens is 3. The highest BCUT2D eigenvalue weighted by atomic mass is 19.4. The molecule has 0 spiro atoms. The Balaban J connectivity index is 1.59. The van der Waals surface area contributed by atoms with Crippen molar-refractivity contribution >= 4 is 16.9 Å². The summed E-state index contributed by atoms with van der Waals surface area (Å²) >= 11 is 0. The van der Waals surface area contributed by atoms with Crippen LogP contribution in [0.5, 0.6) is 0 Å². The van der Waals surface area contributed by atoms with E-state index in [1.165, 1.54) is 36.4 Å². The molecule has 4 rings (SSSR count). The smallest absolute Gasteiger partial charge is 0.416 e. The predicted molar refractivity (Wildman–Crippen MR) is 94.9 cm³/mol. The summed E-state index contributed by atoms with van der Waals surface area (Å²) in [6.45, 7) is 0.117. The molecule has 0 amide bonds. The molecule has 0 bridgehead atoms. The molecule has 0 radical (unpaired) electrons. The summed E-state index contributed by atoms with van der Waals surface area (Å²) in [5, 5.41) is 0.393. The van der Waals surface area contributed by atoms with E-state index in [1.54, 1.807) is 4.57 Å². The Hall–Kier alpha value is -3.16. The van der Waals surface area contributed by atoms with Crippen LogP contribution in [0, 0.1) is 0 Å². The van der Waals surface area contributed by atoms with Gasteiger partial charge in [-0.15, -0.1) is 0 Å². The molecule has 1 aromatic heterocycles. The fraction of sp³-hybridized carbons (Fsp3) is 0.250. The quantitative estimate of drug-likeness (QED) is 0.642. The average Bonchev–Trinajstić information content (AvgIpc) is 3.14. The zero-order chi connectivity index (χ0) is 19.9. The molecule has 5 nitrogen and oxygen atoms in total. The summed E-state index contributed by atoms with van der Waals surface area (Å²) in [7, 11) is 0. The van der Waals surface area contributed by atoms with Gasteiger partial charge in [-0.3, -0.25) is 9.36 Å². The number of carbonyl (C=O) groups is 1. The van der Waals surface area contributed by atoms with Crippen LogP contribution in [-0.2, 0) is 30.5 Å². The average molecular weight is 388 g/mol. The van der Waals surface area contributed by atoms with Crippen LogP contribution in [0.1, 0.15) is 33.7 Å². The lowest BCUT2D eigenvalue weighted by molar-refractivity contribution is -0.138. The van der Waals surface area contributed by atoms with Crippen molar-refractivity contribution in [2.24, 2.45) is 0 Å². The van der Waals surface area contributed by atoms with E-state index in [0.29, 0.717) is 29.7 Å². The fourth-order valence-corrected chi connectivity index (χ4v) is 3.36. The van der Waals surface area contributed by atoms with Crippen molar-refractivity contribution in [3.8, 4) is 0 Å². The van der Waals surface area contributed by atoms with Crippen molar-refractivity contribution in [3.63, 3.8) is 0 Å². The monoisotopic (exact) mass is 388 g/mol. The van der Waals surface area contributed by atoms with Crippen LogP contribution in [0.15, 0.2) is 47.3 Å². The second-order valence-corrected chi connectivity index (χ2v) is 6.55. The number of carbonyl (C=O) groups excluding carboxylic acids is 1. The highest BCUT2D eigenvalue weighted by Gasteiger charge is 2.33. The van der Waals surface area contributed by atoms with Gasteiger partial charge in [-0.05, 0) is 30.7 Å². The van der Waals surface area contributed by atoms with Crippen LogP contribution in [0.25, 0.3) is 10.9 Å². The minimum atomic E-state index is -4.53. The van der Waals surface area contributed by atoms with Crippen LogP contribution >= 0.6 is 0 Å². The first-order valence-electron chi connectivity index (χ1n) is 8.70. The van der Waals surface area contributed by atoms with Crippen molar-refractivity contribution in [1.82, 2.24) is 9.55 Å². The summed E-state index contributed by atoms with van der Waals surface area (Å²) < 4.78 is 45.8. The lowest BCUT2D eigenvalue weighted by Gasteiger charge is -2.13. The SMILES string of the molecule is O=C(OCc1ccccc1C(F)(F)F)c1ccc2c(=O)n3c(nc2c1)CCC3.